The molecule has 1 aromatic carbocycles. The standard InChI is InChI=1S/C9H10FO4P/c1-14-9-6-7(2-3-8(9)11)4-5-15(10,12)13/h2-6,11H,1H3,(H,12,13). The van der Waals surface area contributed by atoms with Crippen LogP contribution in [0.1, 0.15) is 5.56 Å². The van der Waals surface area contributed by atoms with E-state index in [2.05, 4.69) is 0 Å². The molecule has 0 fully saturated rings. The summed E-state index contributed by atoms with van der Waals surface area (Å²) in [5, 5.41) is 9.24. The van der Waals surface area contributed by atoms with Crippen LogP contribution in [-0.4, -0.2) is 17.1 Å². The Balaban J connectivity index is 2.98. The predicted molar refractivity (Wildman–Crippen MR) is 54.6 cm³/mol. The number of ether oxygens (including phenoxy) is 1. The second-order valence-electron chi connectivity index (χ2n) is 2.79. The Hall–Kier alpha value is -1.32. The van der Waals surface area contributed by atoms with Crippen molar-refractivity contribution in [1.29, 1.82) is 0 Å². The highest BCUT2D eigenvalue weighted by Gasteiger charge is 2.09. The minimum atomic E-state index is -4.65. The van der Waals surface area contributed by atoms with Crippen LogP contribution in [0.5, 0.6) is 11.5 Å². The second kappa shape index (κ2) is 4.47. The summed E-state index contributed by atoms with van der Waals surface area (Å²) >= 11 is 0. The molecule has 82 valence electrons. The van der Waals surface area contributed by atoms with E-state index in [1.165, 1.54) is 25.3 Å². The van der Waals surface area contributed by atoms with Crippen LogP contribution in [0.4, 0.5) is 4.20 Å². The van der Waals surface area contributed by atoms with Gasteiger partial charge >= 0.3 is 7.68 Å². The second-order valence-corrected chi connectivity index (χ2v) is 4.18. The minimum Gasteiger partial charge on any atom is -0.504 e. The number of phenols is 1. The van der Waals surface area contributed by atoms with Crippen molar-refractivity contribution in [2.24, 2.45) is 0 Å². The van der Waals surface area contributed by atoms with E-state index in [0.29, 0.717) is 11.4 Å². The number of methoxy groups -OCH3 is 1. The van der Waals surface area contributed by atoms with Gasteiger partial charge in [0.2, 0.25) is 0 Å². The molecule has 1 rings (SSSR count). The summed E-state index contributed by atoms with van der Waals surface area (Å²) in [7, 11) is -3.28. The van der Waals surface area contributed by atoms with E-state index in [1.54, 1.807) is 0 Å². The number of hydrogen-bond donors (Lipinski definition) is 2. The number of hydrogen-bond acceptors (Lipinski definition) is 3. The van der Waals surface area contributed by atoms with Gasteiger partial charge in [0, 0.05) is 5.82 Å². The van der Waals surface area contributed by atoms with E-state index in [-0.39, 0.29) is 11.5 Å². The van der Waals surface area contributed by atoms with Crippen LogP contribution in [0.2, 0.25) is 0 Å². The lowest BCUT2D eigenvalue weighted by Gasteiger charge is -2.03. The molecule has 15 heavy (non-hydrogen) atoms. The maximum atomic E-state index is 12.3. The third-order valence-corrected chi connectivity index (χ3v) is 2.17. The predicted octanol–water partition coefficient (Wildman–Crippen LogP) is 2.53. The summed E-state index contributed by atoms with van der Waals surface area (Å²) in [5.41, 5.74) is 0.455. The summed E-state index contributed by atoms with van der Waals surface area (Å²) in [6.07, 6.45) is 1.14. The van der Waals surface area contributed by atoms with Gasteiger partial charge in [-0.25, -0.2) is 0 Å². The highest BCUT2D eigenvalue weighted by molar-refractivity contribution is 7.56. The minimum absolute atomic E-state index is 0.0536. The Kier molecular flexibility index (Phi) is 3.50. The van der Waals surface area contributed by atoms with Crippen LogP contribution in [0.25, 0.3) is 6.08 Å². The van der Waals surface area contributed by atoms with Crippen molar-refractivity contribution in [3.8, 4) is 11.5 Å². The summed E-state index contributed by atoms with van der Waals surface area (Å²) in [4.78, 5) is 8.38. The highest BCUT2D eigenvalue weighted by atomic mass is 31.2. The number of benzene rings is 1. The van der Waals surface area contributed by atoms with Gasteiger partial charge in [0.15, 0.2) is 11.5 Å². The lowest BCUT2D eigenvalue weighted by atomic mass is 10.2. The number of aromatic hydroxyl groups is 1. The zero-order valence-electron chi connectivity index (χ0n) is 7.92. The van der Waals surface area contributed by atoms with Crippen LogP contribution in [0.3, 0.4) is 0 Å². The molecule has 1 unspecified atom stereocenters. The lowest BCUT2D eigenvalue weighted by molar-refractivity contribution is 0.373. The van der Waals surface area contributed by atoms with E-state index in [1.807, 2.05) is 0 Å². The fraction of sp³-hybridized carbons (Fsp3) is 0.111. The Morgan fingerprint density at radius 2 is 2.20 bits per heavy atom. The smallest absolute Gasteiger partial charge is 0.388 e. The molecule has 0 aromatic heterocycles. The van der Waals surface area contributed by atoms with Gasteiger partial charge in [0.1, 0.15) is 0 Å². The molecule has 2 N–H and O–H groups in total. The Morgan fingerprint density at radius 3 is 2.73 bits per heavy atom. The first-order valence-corrected chi connectivity index (χ1v) is 5.63. The summed E-state index contributed by atoms with van der Waals surface area (Å²) < 4.78 is 27.4. The van der Waals surface area contributed by atoms with Gasteiger partial charge in [-0.2, -0.15) is 4.20 Å². The average molecular weight is 232 g/mol. The van der Waals surface area contributed by atoms with Crippen LogP contribution in [0, 0.1) is 0 Å². The first-order chi connectivity index (χ1) is 6.92. The van der Waals surface area contributed by atoms with Crippen LogP contribution in [0.15, 0.2) is 24.0 Å². The Labute approximate surface area is 86.2 Å². The van der Waals surface area contributed by atoms with E-state index in [4.69, 9.17) is 9.63 Å². The van der Waals surface area contributed by atoms with Crippen LogP contribution in [-0.2, 0) is 4.57 Å². The molecule has 0 spiro atoms. The maximum absolute atomic E-state index is 12.3. The van der Waals surface area contributed by atoms with Crippen molar-refractivity contribution in [1.82, 2.24) is 0 Å². The first kappa shape index (κ1) is 11.8. The zero-order chi connectivity index (χ0) is 11.5. The average Bonchev–Trinajstić information content (AvgIpc) is 2.15. The van der Waals surface area contributed by atoms with Crippen molar-refractivity contribution in [3.05, 3.63) is 29.6 Å². The molecule has 1 atom stereocenters. The van der Waals surface area contributed by atoms with E-state index >= 15 is 0 Å². The quantitative estimate of drug-likeness (QED) is 0.786. The molecule has 0 saturated heterocycles. The van der Waals surface area contributed by atoms with Crippen molar-refractivity contribution < 1.29 is 23.5 Å². The van der Waals surface area contributed by atoms with Gasteiger partial charge < -0.3 is 14.7 Å². The molecule has 0 saturated carbocycles. The largest absolute Gasteiger partial charge is 0.504 e. The van der Waals surface area contributed by atoms with Crippen LogP contribution >= 0.6 is 7.68 Å². The molecule has 0 heterocycles. The van der Waals surface area contributed by atoms with E-state index in [9.17, 15) is 13.9 Å². The molecular weight excluding hydrogens is 222 g/mol. The fourth-order valence-corrected chi connectivity index (χ4v) is 1.33. The van der Waals surface area contributed by atoms with Gasteiger partial charge in [-0.05, 0) is 23.8 Å². The molecule has 0 bridgehead atoms. The summed E-state index contributed by atoms with van der Waals surface area (Å²) in [6.45, 7) is 0. The SMILES string of the molecule is COc1cc(C=CP(=O)(O)F)ccc1O. The maximum Gasteiger partial charge on any atom is 0.388 e. The highest BCUT2D eigenvalue weighted by Crippen LogP contribution is 2.44. The zero-order valence-corrected chi connectivity index (χ0v) is 8.82. The topological polar surface area (TPSA) is 66.8 Å². The molecule has 0 aliphatic rings. The van der Waals surface area contributed by atoms with Gasteiger partial charge in [-0.15, -0.1) is 0 Å². The normalized spacial score (nSPS) is 15.1. The number of phenolic OH excluding ortho intramolecular Hbond substituents is 1. The molecule has 0 aliphatic carbocycles. The Morgan fingerprint density at radius 1 is 1.53 bits per heavy atom. The van der Waals surface area contributed by atoms with Crippen molar-refractivity contribution in [3.63, 3.8) is 0 Å². The van der Waals surface area contributed by atoms with Gasteiger partial charge in [-0.3, -0.25) is 4.57 Å². The van der Waals surface area contributed by atoms with Gasteiger partial charge in [0.05, 0.1) is 7.11 Å². The number of halogens is 1. The fourth-order valence-electron chi connectivity index (χ4n) is 0.976. The third-order valence-electron chi connectivity index (χ3n) is 1.65. The number of rotatable bonds is 3. The van der Waals surface area contributed by atoms with Crippen LogP contribution < -0.4 is 4.74 Å². The molecule has 0 radical (unpaired) electrons. The lowest BCUT2D eigenvalue weighted by Crippen LogP contribution is -1.84. The molecule has 4 nitrogen and oxygen atoms in total. The summed E-state index contributed by atoms with van der Waals surface area (Å²) in [5.74, 6) is 0.726. The molecular formula is C9H10FO4P. The molecule has 0 aliphatic heterocycles. The molecule has 6 heteroatoms. The molecule has 1 aromatic rings. The van der Waals surface area contributed by atoms with E-state index in [0.717, 1.165) is 6.08 Å². The van der Waals surface area contributed by atoms with Crippen molar-refractivity contribution >= 4 is 13.8 Å². The van der Waals surface area contributed by atoms with E-state index < -0.39 is 7.68 Å². The third kappa shape index (κ3) is 3.73. The first-order valence-electron chi connectivity index (χ1n) is 4.01. The summed E-state index contributed by atoms with van der Waals surface area (Å²) in [6, 6.07) is 4.23. The molecule has 0 amide bonds. The van der Waals surface area contributed by atoms with Crippen molar-refractivity contribution in [2.45, 2.75) is 0 Å². The van der Waals surface area contributed by atoms with Gasteiger partial charge in [0.25, 0.3) is 0 Å². The Bertz CT molecular complexity index is 424. The van der Waals surface area contributed by atoms with Crippen molar-refractivity contribution in [2.75, 3.05) is 7.11 Å². The van der Waals surface area contributed by atoms with Gasteiger partial charge in [-0.1, -0.05) is 6.07 Å². The monoisotopic (exact) mass is 232 g/mol.